The van der Waals surface area contributed by atoms with Crippen LogP contribution in [-0.4, -0.2) is 33.4 Å². The molecule has 4 rings (SSSR count). The molecule has 0 bridgehead atoms. The van der Waals surface area contributed by atoms with Crippen molar-refractivity contribution in [3.63, 3.8) is 0 Å². The van der Waals surface area contributed by atoms with Crippen molar-refractivity contribution in [2.24, 2.45) is 5.10 Å². The van der Waals surface area contributed by atoms with Gasteiger partial charge in [0.1, 0.15) is 11.6 Å². The SMILES string of the molecule is Cc1nc(-c2cccnc2)sc1-c1ccc2c(n1)/C(=N\NCC(F)(F)F)CCC2. The topological polar surface area (TPSA) is 63.1 Å². The van der Waals surface area contributed by atoms with E-state index in [0.29, 0.717) is 17.8 Å². The molecule has 1 aliphatic carbocycles. The maximum atomic E-state index is 12.4. The molecular formula is C20H18F3N5S. The van der Waals surface area contributed by atoms with Gasteiger partial charge >= 0.3 is 6.18 Å². The quantitative estimate of drug-likeness (QED) is 0.622. The summed E-state index contributed by atoms with van der Waals surface area (Å²) in [4.78, 5) is 14.5. The molecule has 0 spiro atoms. The summed E-state index contributed by atoms with van der Waals surface area (Å²) in [5.74, 6) is 0. The summed E-state index contributed by atoms with van der Waals surface area (Å²) in [7, 11) is 0. The predicted molar refractivity (Wildman–Crippen MR) is 107 cm³/mol. The van der Waals surface area contributed by atoms with E-state index in [4.69, 9.17) is 4.98 Å². The Morgan fingerprint density at radius 1 is 1.17 bits per heavy atom. The van der Waals surface area contributed by atoms with Crippen LogP contribution in [0.1, 0.15) is 29.8 Å². The number of fused-ring (bicyclic) bond motifs is 1. The van der Waals surface area contributed by atoms with Crippen LogP contribution in [0.4, 0.5) is 13.2 Å². The van der Waals surface area contributed by atoms with Gasteiger partial charge in [0.05, 0.1) is 27.7 Å². The zero-order chi connectivity index (χ0) is 20.4. The summed E-state index contributed by atoms with van der Waals surface area (Å²) in [6, 6.07) is 7.74. The molecule has 0 radical (unpaired) electrons. The Kier molecular flexibility index (Phi) is 5.31. The fraction of sp³-hybridized carbons (Fsp3) is 0.300. The first-order chi connectivity index (χ1) is 13.9. The molecule has 5 nitrogen and oxygen atoms in total. The van der Waals surface area contributed by atoms with Crippen LogP contribution in [0.2, 0.25) is 0 Å². The minimum absolute atomic E-state index is 0.562. The summed E-state index contributed by atoms with van der Waals surface area (Å²) in [5.41, 5.74) is 6.90. The third-order valence-electron chi connectivity index (χ3n) is 4.54. The molecule has 3 aromatic heterocycles. The van der Waals surface area contributed by atoms with Gasteiger partial charge < -0.3 is 5.43 Å². The molecule has 29 heavy (non-hydrogen) atoms. The summed E-state index contributed by atoms with van der Waals surface area (Å²) in [6.45, 7) is 0.765. The van der Waals surface area contributed by atoms with Gasteiger partial charge in [0, 0.05) is 18.0 Å². The molecule has 0 unspecified atom stereocenters. The van der Waals surface area contributed by atoms with E-state index in [9.17, 15) is 13.2 Å². The van der Waals surface area contributed by atoms with Crippen molar-refractivity contribution in [3.8, 4) is 21.1 Å². The highest BCUT2D eigenvalue weighted by Gasteiger charge is 2.27. The van der Waals surface area contributed by atoms with E-state index in [-0.39, 0.29) is 0 Å². The van der Waals surface area contributed by atoms with Crippen LogP contribution in [0.5, 0.6) is 0 Å². The number of hydrazone groups is 1. The summed E-state index contributed by atoms with van der Waals surface area (Å²) >= 11 is 1.52. The zero-order valence-corrected chi connectivity index (χ0v) is 16.4. The number of nitrogens with one attached hydrogen (secondary N) is 1. The van der Waals surface area contributed by atoms with Gasteiger partial charge in [-0.3, -0.25) is 4.98 Å². The van der Waals surface area contributed by atoms with Crippen molar-refractivity contribution in [2.45, 2.75) is 32.4 Å². The smallest absolute Gasteiger partial charge is 0.301 e. The molecule has 1 aliphatic rings. The van der Waals surface area contributed by atoms with E-state index in [1.165, 1.54) is 11.3 Å². The Hall–Kier alpha value is -2.81. The molecule has 0 aromatic carbocycles. The minimum atomic E-state index is -4.31. The van der Waals surface area contributed by atoms with E-state index < -0.39 is 12.7 Å². The first kappa shape index (κ1) is 19.5. The number of hydrogen-bond acceptors (Lipinski definition) is 6. The first-order valence-corrected chi connectivity index (χ1v) is 9.97. The standard InChI is InChI=1S/C20H18F3N5S/c1-12-18(29-19(26-12)14-5-3-9-24-10-14)16-8-7-13-4-2-6-15(17(13)27-16)28-25-11-20(21,22)23/h3,5,7-10,25H,2,4,6,11H2,1H3/b28-15-. The Balaban J connectivity index is 1.67. The molecule has 9 heteroatoms. The Bertz CT molecular complexity index is 1040. The second-order valence-corrected chi connectivity index (χ2v) is 7.74. The molecule has 3 heterocycles. The largest absolute Gasteiger partial charge is 0.407 e. The van der Waals surface area contributed by atoms with Crippen molar-refractivity contribution in [1.82, 2.24) is 20.4 Å². The lowest BCUT2D eigenvalue weighted by atomic mass is 9.94. The van der Waals surface area contributed by atoms with Gasteiger partial charge in [-0.1, -0.05) is 6.07 Å². The maximum Gasteiger partial charge on any atom is 0.407 e. The van der Waals surface area contributed by atoms with E-state index in [2.05, 4.69) is 20.5 Å². The van der Waals surface area contributed by atoms with E-state index >= 15 is 0 Å². The third-order valence-corrected chi connectivity index (χ3v) is 5.77. The Morgan fingerprint density at radius 3 is 2.79 bits per heavy atom. The Morgan fingerprint density at radius 2 is 2.03 bits per heavy atom. The number of aromatic nitrogens is 3. The van der Waals surface area contributed by atoms with Crippen molar-refractivity contribution in [2.75, 3.05) is 6.54 Å². The molecule has 0 aliphatic heterocycles. The number of pyridine rings is 2. The van der Waals surface area contributed by atoms with Gasteiger partial charge in [0.15, 0.2) is 0 Å². The molecule has 150 valence electrons. The molecule has 3 aromatic rings. The highest BCUT2D eigenvalue weighted by atomic mass is 32.1. The minimum Gasteiger partial charge on any atom is -0.301 e. The maximum absolute atomic E-state index is 12.4. The van der Waals surface area contributed by atoms with Crippen molar-refractivity contribution < 1.29 is 13.2 Å². The number of halogens is 3. The number of alkyl halides is 3. The first-order valence-electron chi connectivity index (χ1n) is 9.15. The molecule has 0 amide bonds. The lowest BCUT2D eigenvalue weighted by Gasteiger charge is -2.18. The average Bonchev–Trinajstić information content (AvgIpc) is 3.09. The molecule has 0 atom stereocenters. The van der Waals surface area contributed by atoms with Crippen LogP contribution in [0.3, 0.4) is 0 Å². The second kappa shape index (κ2) is 7.90. The van der Waals surface area contributed by atoms with E-state index in [0.717, 1.165) is 45.2 Å². The van der Waals surface area contributed by atoms with Crippen molar-refractivity contribution in [1.29, 1.82) is 0 Å². The van der Waals surface area contributed by atoms with Gasteiger partial charge in [-0.05, 0) is 49.9 Å². The van der Waals surface area contributed by atoms with Gasteiger partial charge in [-0.25, -0.2) is 9.97 Å². The summed E-state index contributed by atoms with van der Waals surface area (Å²) < 4.78 is 37.3. The lowest BCUT2D eigenvalue weighted by molar-refractivity contribution is -0.124. The second-order valence-electron chi connectivity index (χ2n) is 6.74. The lowest BCUT2D eigenvalue weighted by Crippen LogP contribution is -2.27. The molecule has 1 N–H and O–H groups in total. The molecule has 0 saturated carbocycles. The fourth-order valence-corrected chi connectivity index (χ4v) is 4.24. The van der Waals surface area contributed by atoms with Crippen LogP contribution in [0.25, 0.3) is 21.1 Å². The number of thiazole rings is 1. The van der Waals surface area contributed by atoms with Crippen LogP contribution < -0.4 is 5.43 Å². The normalized spacial score (nSPS) is 15.4. The fourth-order valence-electron chi connectivity index (χ4n) is 3.21. The zero-order valence-electron chi connectivity index (χ0n) is 15.6. The average molecular weight is 417 g/mol. The molecule has 0 fully saturated rings. The van der Waals surface area contributed by atoms with Gasteiger partial charge in [0.25, 0.3) is 0 Å². The molecular weight excluding hydrogens is 399 g/mol. The molecule has 0 saturated heterocycles. The van der Waals surface area contributed by atoms with Crippen molar-refractivity contribution in [3.05, 3.63) is 53.6 Å². The number of nitrogens with zero attached hydrogens (tertiary/aromatic N) is 4. The van der Waals surface area contributed by atoms with Crippen LogP contribution >= 0.6 is 11.3 Å². The highest BCUT2D eigenvalue weighted by molar-refractivity contribution is 7.18. The number of aryl methyl sites for hydroxylation is 2. The third kappa shape index (κ3) is 4.45. The highest BCUT2D eigenvalue weighted by Crippen LogP contribution is 2.35. The van der Waals surface area contributed by atoms with E-state index in [1.807, 2.05) is 31.2 Å². The van der Waals surface area contributed by atoms with Crippen LogP contribution in [-0.2, 0) is 6.42 Å². The number of rotatable bonds is 4. The van der Waals surface area contributed by atoms with Crippen LogP contribution in [0.15, 0.2) is 41.8 Å². The summed E-state index contributed by atoms with van der Waals surface area (Å²) in [6.07, 6.45) is 1.44. The van der Waals surface area contributed by atoms with Crippen LogP contribution in [0, 0.1) is 6.92 Å². The van der Waals surface area contributed by atoms with Gasteiger partial charge in [0.2, 0.25) is 0 Å². The number of hydrogen-bond donors (Lipinski definition) is 1. The predicted octanol–water partition coefficient (Wildman–Crippen LogP) is 4.77. The monoisotopic (exact) mass is 417 g/mol. The van der Waals surface area contributed by atoms with E-state index in [1.54, 1.807) is 12.4 Å². The Labute approximate surface area is 169 Å². The van der Waals surface area contributed by atoms with Gasteiger partial charge in [-0.2, -0.15) is 18.3 Å². The summed E-state index contributed by atoms with van der Waals surface area (Å²) in [5, 5.41) is 4.84. The van der Waals surface area contributed by atoms with Crippen molar-refractivity contribution >= 4 is 17.0 Å². The van der Waals surface area contributed by atoms with Gasteiger partial charge in [-0.15, -0.1) is 11.3 Å².